The third-order valence-corrected chi connectivity index (χ3v) is 4.62. The summed E-state index contributed by atoms with van der Waals surface area (Å²) >= 11 is 0. The molecule has 0 aromatic heterocycles. The maximum atomic E-state index is 4.58. The van der Waals surface area contributed by atoms with Crippen LogP contribution in [-0.4, -0.2) is 12.8 Å². The number of hydrogen-bond donors (Lipinski definition) is 0. The van der Waals surface area contributed by atoms with Gasteiger partial charge in [0.15, 0.2) is 0 Å². The molecule has 0 amide bonds. The van der Waals surface area contributed by atoms with E-state index in [2.05, 4.69) is 69.6 Å². The van der Waals surface area contributed by atoms with Gasteiger partial charge in [0.25, 0.3) is 0 Å². The Bertz CT molecular complexity index is 660. The van der Waals surface area contributed by atoms with Crippen molar-refractivity contribution in [1.82, 2.24) is 0 Å². The molecule has 0 saturated carbocycles. The van der Waals surface area contributed by atoms with E-state index in [0.29, 0.717) is 5.92 Å². The predicted molar refractivity (Wildman–Crippen MR) is 98.3 cm³/mol. The lowest BCUT2D eigenvalue weighted by atomic mass is 9.77. The molecule has 1 atom stereocenters. The second kappa shape index (κ2) is 6.91. The molecule has 2 aliphatic rings. The summed E-state index contributed by atoms with van der Waals surface area (Å²) < 4.78 is 0. The Balaban J connectivity index is 2.32. The normalized spacial score (nSPS) is 25.3. The Morgan fingerprint density at radius 1 is 1.32 bits per heavy atom. The molecule has 2 aliphatic carbocycles. The fourth-order valence-electron chi connectivity index (χ4n) is 3.23. The van der Waals surface area contributed by atoms with Crippen LogP contribution >= 0.6 is 0 Å². The molecular weight excluding hydrogens is 266 g/mol. The highest BCUT2D eigenvalue weighted by molar-refractivity contribution is 6.08. The fraction of sp³-hybridized carbons (Fsp3) is 0.381. The van der Waals surface area contributed by atoms with Gasteiger partial charge in [0, 0.05) is 18.7 Å². The van der Waals surface area contributed by atoms with Crippen molar-refractivity contribution in [3.8, 4) is 0 Å². The van der Waals surface area contributed by atoms with E-state index in [1.807, 2.05) is 7.05 Å². The molecule has 0 bridgehead atoms. The van der Waals surface area contributed by atoms with Crippen molar-refractivity contribution >= 4 is 5.71 Å². The monoisotopic (exact) mass is 293 g/mol. The summed E-state index contributed by atoms with van der Waals surface area (Å²) in [4.78, 5) is 4.58. The minimum atomic E-state index is 0.354. The number of allylic oxidation sites excluding steroid dienone is 11. The van der Waals surface area contributed by atoms with E-state index in [9.17, 15) is 0 Å². The fourth-order valence-corrected chi connectivity index (χ4v) is 3.23. The minimum Gasteiger partial charge on any atom is -0.292 e. The standard InChI is InChI=1S/C21H27N/c1-7-14(2)12-16(4)19-10-11-20(17(5)21(19)22-6)18-9-8-15(3)13-18/h7-8,11-13,19H,5,9-10H2,1-4,6H3/b14-7-,16-12+,22-21+/t19-/m0/s1. The van der Waals surface area contributed by atoms with Crippen molar-refractivity contribution in [2.75, 3.05) is 7.05 Å². The van der Waals surface area contributed by atoms with Crippen molar-refractivity contribution in [1.29, 1.82) is 0 Å². The van der Waals surface area contributed by atoms with Crippen LogP contribution in [0.25, 0.3) is 0 Å². The molecular formula is C21H27N. The highest BCUT2D eigenvalue weighted by Crippen LogP contribution is 2.37. The van der Waals surface area contributed by atoms with Crippen molar-refractivity contribution < 1.29 is 0 Å². The van der Waals surface area contributed by atoms with Gasteiger partial charge in [-0.15, -0.1) is 0 Å². The van der Waals surface area contributed by atoms with Gasteiger partial charge in [0.05, 0.1) is 0 Å². The molecule has 22 heavy (non-hydrogen) atoms. The zero-order chi connectivity index (χ0) is 16.3. The third-order valence-electron chi connectivity index (χ3n) is 4.62. The van der Waals surface area contributed by atoms with Gasteiger partial charge in [0.2, 0.25) is 0 Å². The zero-order valence-electron chi connectivity index (χ0n) is 14.5. The average Bonchev–Trinajstić information content (AvgIpc) is 2.92. The van der Waals surface area contributed by atoms with E-state index in [4.69, 9.17) is 0 Å². The first-order chi connectivity index (χ1) is 10.5. The Labute approximate surface area is 135 Å². The van der Waals surface area contributed by atoms with Gasteiger partial charge in [-0.3, -0.25) is 4.99 Å². The minimum absolute atomic E-state index is 0.354. The van der Waals surface area contributed by atoms with Gasteiger partial charge >= 0.3 is 0 Å². The highest BCUT2D eigenvalue weighted by atomic mass is 14.7. The predicted octanol–water partition coefficient (Wildman–Crippen LogP) is 5.75. The largest absolute Gasteiger partial charge is 0.292 e. The highest BCUT2D eigenvalue weighted by Gasteiger charge is 2.27. The van der Waals surface area contributed by atoms with Crippen molar-refractivity contribution in [2.45, 2.75) is 40.5 Å². The molecule has 0 spiro atoms. The molecule has 0 unspecified atom stereocenters. The summed E-state index contributed by atoms with van der Waals surface area (Å²) in [6, 6.07) is 0. The van der Waals surface area contributed by atoms with Crippen LogP contribution in [0.2, 0.25) is 0 Å². The first-order valence-electron chi connectivity index (χ1n) is 8.03. The van der Waals surface area contributed by atoms with Gasteiger partial charge in [-0.2, -0.15) is 0 Å². The summed E-state index contributed by atoms with van der Waals surface area (Å²) in [7, 11) is 1.89. The van der Waals surface area contributed by atoms with E-state index in [-0.39, 0.29) is 0 Å². The first-order valence-corrected chi connectivity index (χ1v) is 8.03. The van der Waals surface area contributed by atoms with Gasteiger partial charge in [-0.1, -0.05) is 53.7 Å². The van der Waals surface area contributed by atoms with Crippen molar-refractivity contribution in [2.24, 2.45) is 10.9 Å². The summed E-state index contributed by atoms with van der Waals surface area (Å²) in [5.41, 5.74) is 8.92. The lowest BCUT2D eigenvalue weighted by Gasteiger charge is -2.28. The molecule has 0 fully saturated rings. The van der Waals surface area contributed by atoms with Crippen LogP contribution in [0.1, 0.15) is 40.5 Å². The van der Waals surface area contributed by atoms with E-state index in [1.54, 1.807) is 0 Å². The summed E-state index contributed by atoms with van der Waals surface area (Å²) in [5, 5.41) is 0. The van der Waals surface area contributed by atoms with Crippen LogP contribution < -0.4 is 0 Å². The van der Waals surface area contributed by atoms with Crippen molar-refractivity contribution in [3.05, 3.63) is 70.4 Å². The topological polar surface area (TPSA) is 12.4 Å². The second-order valence-electron chi connectivity index (χ2n) is 6.24. The van der Waals surface area contributed by atoms with Crippen molar-refractivity contribution in [3.63, 3.8) is 0 Å². The van der Waals surface area contributed by atoms with Crippen LogP contribution in [0.4, 0.5) is 0 Å². The van der Waals surface area contributed by atoms with Crippen LogP contribution in [0.3, 0.4) is 0 Å². The van der Waals surface area contributed by atoms with Gasteiger partial charge in [0.1, 0.15) is 0 Å². The maximum absolute atomic E-state index is 4.58. The van der Waals surface area contributed by atoms with Crippen LogP contribution in [-0.2, 0) is 0 Å². The van der Waals surface area contributed by atoms with Crippen LogP contribution in [0, 0.1) is 5.92 Å². The van der Waals surface area contributed by atoms with E-state index in [1.165, 1.54) is 27.9 Å². The molecule has 0 saturated heterocycles. The zero-order valence-corrected chi connectivity index (χ0v) is 14.5. The number of hydrogen-bond acceptors (Lipinski definition) is 1. The third kappa shape index (κ3) is 3.30. The smallest absolute Gasteiger partial charge is 0.0491 e. The Morgan fingerprint density at radius 2 is 2.05 bits per heavy atom. The van der Waals surface area contributed by atoms with Crippen LogP contribution in [0.5, 0.6) is 0 Å². The van der Waals surface area contributed by atoms with Gasteiger partial charge in [-0.05, 0) is 57.3 Å². The summed E-state index contributed by atoms with van der Waals surface area (Å²) in [6.07, 6.45) is 13.3. The lowest BCUT2D eigenvalue weighted by Crippen LogP contribution is -2.23. The summed E-state index contributed by atoms with van der Waals surface area (Å²) in [6.45, 7) is 12.9. The molecule has 2 rings (SSSR count). The molecule has 0 N–H and O–H groups in total. The van der Waals surface area contributed by atoms with Gasteiger partial charge < -0.3 is 0 Å². The first kappa shape index (κ1) is 16.5. The second-order valence-corrected chi connectivity index (χ2v) is 6.24. The SMILES string of the molecule is C=C1C(C2=CC(C)=CC2)=CC[C@@H](/C(C)=C/C(C)=C\C)/C1=N/C. The van der Waals surface area contributed by atoms with E-state index < -0.39 is 0 Å². The number of rotatable bonds is 3. The molecule has 0 aliphatic heterocycles. The van der Waals surface area contributed by atoms with Crippen LogP contribution in [0.15, 0.2) is 75.4 Å². The van der Waals surface area contributed by atoms with E-state index >= 15 is 0 Å². The molecule has 0 heterocycles. The lowest BCUT2D eigenvalue weighted by molar-refractivity contribution is 0.798. The molecule has 0 radical (unpaired) electrons. The molecule has 1 nitrogen and oxygen atoms in total. The van der Waals surface area contributed by atoms with E-state index in [0.717, 1.165) is 24.1 Å². The van der Waals surface area contributed by atoms with Gasteiger partial charge in [-0.25, -0.2) is 0 Å². The number of aliphatic imine (C=N–C) groups is 1. The maximum Gasteiger partial charge on any atom is 0.0491 e. The average molecular weight is 293 g/mol. The Hall–Kier alpha value is -1.89. The quantitative estimate of drug-likeness (QED) is 0.588. The Morgan fingerprint density at radius 3 is 2.59 bits per heavy atom. The summed E-state index contributed by atoms with van der Waals surface area (Å²) in [5.74, 6) is 0.354. The molecule has 116 valence electrons. The molecule has 0 aromatic rings. The number of nitrogens with zero attached hydrogens (tertiary/aromatic N) is 1. The molecule has 1 heteroatoms. The Kier molecular flexibility index (Phi) is 5.18. The molecule has 0 aromatic carbocycles.